The van der Waals surface area contributed by atoms with Crippen LogP contribution in [0.2, 0.25) is 0 Å². The van der Waals surface area contributed by atoms with Gasteiger partial charge in [0.25, 0.3) is 0 Å². The molecule has 1 aromatic heterocycles. The van der Waals surface area contributed by atoms with Gasteiger partial charge in [-0.2, -0.15) is 0 Å². The summed E-state index contributed by atoms with van der Waals surface area (Å²) in [5.74, 6) is -0.430. The molecule has 8 nitrogen and oxygen atoms in total. The minimum atomic E-state index is -1.05. The highest BCUT2D eigenvalue weighted by atomic mass is 16.4. The number of aliphatic carboxylic acids is 1. The van der Waals surface area contributed by atoms with Gasteiger partial charge in [0.15, 0.2) is 5.82 Å². The number of rotatable bonds is 6. The molecule has 1 heterocycles. The number of nitrogens with zero attached hydrogens (tertiary/aromatic N) is 3. The van der Waals surface area contributed by atoms with Crippen molar-refractivity contribution in [1.82, 2.24) is 25.4 Å². The minimum Gasteiger partial charge on any atom is -0.480 e. The molecule has 0 radical (unpaired) electrons. The first-order valence-corrected chi connectivity index (χ1v) is 5.72. The van der Waals surface area contributed by atoms with Crippen LogP contribution in [0.3, 0.4) is 0 Å². The van der Waals surface area contributed by atoms with Gasteiger partial charge in [0.2, 0.25) is 0 Å². The van der Waals surface area contributed by atoms with E-state index in [9.17, 15) is 9.59 Å². The number of carbonyl (C=O) groups is 2. The predicted molar refractivity (Wildman–Crippen MR) is 62.8 cm³/mol. The third-order valence-electron chi connectivity index (χ3n) is 2.46. The van der Waals surface area contributed by atoms with E-state index in [1.54, 1.807) is 17.8 Å². The Labute approximate surface area is 104 Å². The second kappa shape index (κ2) is 6.58. The van der Waals surface area contributed by atoms with Crippen molar-refractivity contribution >= 4 is 12.0 Å². The quantitative estimate of drug-likeness (QED) is 0.660. The molecule has 0 saturated carbocycles. The summed E-state index contributed by atoms with van der Waals surface area (Å²) in [5, 5.41) is 21.3. The second-order valence-corrected chi connectivity index (χ2v) is 3.66. The number of carboxylic acid groups (broad SMARTS) is 1. The van der Waals surface area contributed by atoms with Gasteiger partial charge in [-0.1, -0.05) is 6.92 Å². The molecule has 18 heavy (non-hydrogen) atoms. The Hall–Kier alpha value is -2.12. The lowest BCUT2D eigenvalue weighted by atomic mass is 10.2. The van der Waals surface area contributed by atoms with Crippen LogP contribution in [0.1, 0.15) is 26.1 Å². The van der Waals surface area contributed by atoms with E-state index in [0.29, 0.717) is 18.8 Å². The lowest BCUT2D eigenvalue weighted by Crippen LogP contribution is -2.45. The Bertz CT molecular complexity index is 417. The van der Waals surface area contributed by atoms with Gasteiger partial charge in [-0.3, -0.25) is 0 Å². The van der Waals surface area contributed by atoms with Gasteiger partial charge in [-0.25, -0.2) is 9.59 Å². The largest absolute Gasteiger partial charge is 0.480 e. The van der Waals surface area contributed by atoms with Crippen LogP contribution in [-0.4, -0.2) is 37.9 Å². The van der Waals surface area contributed by atoms with E-state index in [2.05, 4.69) is 20.8 Å². The van der Waals surface area contributed by atoms with Crippen molar-refractivity contribution in [3.05, 3.63) is 12.2 Å². The van der Waals surface area contributed by atoms with Gasteiger partial charge in [0.05, 0.1) is 6.54 Å². The molecule has 1 rings (SSSR count). The van der Waals surface area contributed by atoms with Gasteiger partial charge >= 0.3 is 12.0 Å². The van der Waals surface area contributed by atoms with Crippen molar-refractivity contribution in [1.29, 1.82) is 0 Å². The van der Waals surface area contributed by atoms with Gasteiger partial charge in [-0.05, 0) is 13.3 Å². The predicted octanol–water partition coefficient (Wildman–Crippen LogP) is -0.0396. The van der Waals surface area contributed by atoms with Crippen LogP contribution < -0.4 is 10.6 Å². The summed E-state index contributed by atoms with van der Waals surface area (Å²) in [4.78, 5) is 22.2. The maximum atomic E-state index is 11.5. The summed E-state index contributed by atoms with van der Waals surface area (Å²) in [5.41, 5.74) is 0. The Morgan fingerprint density at radius 1 is 1.50 bits per heavy atom. The van der Waals surface area contributed by atoms with E-state index in [0.717, 1.165) is 0 Å². The Balaban J connectivity index is 2.44. The number of aromatic nitrogens is 3. The Morgan fingerprint density at radius 3 is 2.78 bits per heavy atom. The maximum Gasteiger partial charge on any atom is 0.326 e. The van der Waals surface area contributed by atoms with Gasteiger partial charge < -0.3 is 20.3 Å². The molecule has 0 saturated heterocycles. The van der Waals surface area contributed by atoms with Crippen molar-refractivity contribution in [2.45, 2.75) is 39.4 Å². The normalized spacial score (nSPS) is 11.9. The van der Waals surface area contributed by atoms with E-state index < -0.39 is 18.0 Å². The molecule has 1 atom stereocenters. The number of amides is 2. The molecule has 0 aliphatic carbocycles. The SMILES string of the molecule is CC[C@H](NC(=O)NCc1nncn1CC)C(=O)O. The van der Waals surface area contributed by atoms with Crippen LogP contribution in [0.4, 0.5) is 4.79 Å². The summed E-state index contributed by atoms with van der Waals surface area (Å²) >= 11 is 0. The zero-order valence-electron chi connectivity index (χ0n) is 10.4. The average molecular weight is 255 g/mol. The van der Waals surface area contributed by atoms with Crippen molar-refractivity contribution in [2.24, 2.45) is 0 Å². The summed E-state index contributed by atoms with van der Waals surface area (Å²) in [6, 6.07) is -1.41. The average Bonchev–Trinajstić information content (AvgIpc) is 2.80. The van der Waals surface area contributed by atoms with Crippen LogP contribution in [0.15, 0.2) is 6.33 Å². The highest BCUT2D eigenvalue weighted by Gasteiger charge is 2.17. The Morgan fingerprint density at radius 2 is 2.22 bits per heavy atom. The van der Waals surface area contributed by atoms with E-state index in [-0.39, 0.29) is 6.54 Å². The van der Waals surface area contributed by atoms with Crippen molar-refractivity contribution in [3.8, 4) is 0 Å². The zero-order chi connectivity index (χ0) is 13.5. The second-order valence-electron chi connectivity index (χ2n) is 3.66. The molecule has 2 amide bonds. The molecular weight excluding hydrogens is 238 g/mol. The summed E-state index contributed by atoms with van der Waals surface area (Å²) < 4.78 is 1.79. The number of hydrogen-bond acceptors (Lipinski definition) is 4. The first-order chi connectivity index (χ1) is 8.58. The topological polar surface area (TPSA) is 109 Å². The smallest absolute Gasteiger partial charge is 0.326 e. The number of carboxylic acids is 1. The molecule has 0 spiro atoms. The standard InChI is InChI=1S/C10H17N5O3/c1-3-7(9(16)17)13-10(18)11-5-8-14-12-6-15(8)4-2/h6-7H,3-5H2,1-2H3,(H,16,17)(H2,11,13,18)/t7-/m0/s1. The first-order valence-electron chi connectivity index (χ1n) is 5.72. The fourth-order valence-electron chi connectivity index (χ4n) is 1.39. The van der Waals surface area contributed by atoms with Gasteiger partial charge in [0, 0.05) is 6.54 Å². The molecule has 0 aliphatic heterocycles. The third-order valence-corrected chi connectivity index (χ3v) is 2.46. The highest BCUT2D eigenvalue weighted by Crippen LogP contribution is 1.95. The fraction of sp³-hybridized carbons (Fsp3) is 0.600. The van der Waals surface area contributed by atoms with Crippen LogP contribution in [0.5, 0.6) is 0 Å². The monoisotopic (exact) mass is 255 g/mol. The number of urea groups is 1. The van der Waals surface area contributed by atoms with E-state index in [1.807, 2.05) is 6.92 Å². The highest BCUT2D eigenvalue weighted by molar-refractivity contribution is 5.82. The summed E-state index contributed by atoms with van der Waals surface area (Å²) in [7, 11) is 0. The fourth-order valence-corrected chi connectivity index (χ4v) is 1.39. The molecule has 0 aliphatic rings. The van der Waals surface area contributed by atoms with Crippen LogP contribution in [0.25, 0.3) is 0 Å². The third kappa shape index (κ3) is 3.72. The molecule has 0 unspecified atom stereocenters. The molecule has 0 fully saturated rings. The van der Waals surface area contributed by atoms with Gasteiger partial charge in [-0.15, -0.1) is 10.2 Å². The number of aryl methyl sites for hydroxylation is 1. The molecule has 1 aromatic rings. The van der Waals surface area contributed by atoms with Gasteiger partial charge in [0.1, 0.15) is 12.4 Å². The number of nitrogens with one attached hydrogen (secondary N) is 2. The first kappa shape index (κ1) is 13.9. The number of carbonyl (C=O) groups excluding carboxylic acids is 1. The van der Waals surface area contributed by atoms with Crippen LogP contribution in [0, 0.1) is 0 Å². The van der Waals surface area contributed by atoms with Crippen molar-refractivity contribution < 1.29 is 14.7 Å². The lowest BCUT2D eigenvalue weighted by molar-refractivity contribution is -0.139. The summed E-state index contributed by atoms with van der Waals surface area (Å²) in [6.07, 6.45) is 1.90. The summed E-state index contributed by atoms with van der Waals surface area (Å²) in [6.45, 7) is 4.53. The van der Waals surface area contributed by atoms with Crippen molar-refractivity contribution in [3.63, 3.8) is 0 Å². The van der Waals surface area contributed by atoms with Crippen LogP contribution >= 0.6 is 0 Å². The van der Waals surface area contributed by atoms with E-state index in [1.165, 1.54) is 0 Å². The minimum absolute atomic E-state index is 0.204. The number of hydrogen-bond donors (Lipinski definition) is 3. The zero-order valence-corrected chi connectivity index (χ0v) is 10.4. The molecule has 8 heteroatoms. The van der Waals surface area contributed by atoms with E-state index >= 15 is 0 Å². The molecular formula is C10H17N5O3. The molecule has 100 valence electrons. The Kier molecular flexibility index (Phi) is 5.09. The molecule has 0 bridgehead atoms. The maximum absolute atomic E-state index is 11.5. The molecule has 3 N–H and O–H groups in total. The van der Waals surface area contributed by atoms with Crippen molar-refractivity contribution in [2.75, 3.05) is 0 Å². The lowest BCUT2D eigenvalue weighted by Gasteiger charge is -2.13. The molecule has 0 aromatic carbocycles. The van der Waals surface area contributed by atoms with E-state index in [4.69, 9.17) is 5.11 Å². The van der Waals surface area contributed by atoms with Crippen LogP contribution in [-0.2, 0) is 17.9 Å².